The van der Waals surface area contributed by atoms with E-state index in [-0.39, 0.29) is 11.3 Å². The number of rotatable bonds is 5. The highest BCUT2D eigenvalue weighted by atomic mass is 19.4. The molecule has 0 amide bonds. The molecule has 0 spiro atoms. The quantitative estimate of drug-likeness (QED) is 0.346. The van der Waals surface area contributed by atoms with Crippen molar-refractivity contribution in [2.24, 2.45) is 12.2 Å². The maximum absolute atomic E-state index is 13.6. The summed E-state index contributed by atoms with van der Waals surface area (Å²) in [6.07, 6.45) is -4.66. The molecule has 0 atom stereocenters. The summed E-state index contributed by atoms with van der Waals surface area (Å²) >= 11 is 0. The van der Waals surface area contributed by atoms with Crippen LogP contribution < -0.4 is 5.69 Å². The van der Waals surface area contributed by atoms with E-state index in [2.05, 4.69) is 15.6 Å². The fourth-order valence-electron chi connectivity index (χ4n) is 3.32. The van der Waals surface area contributed by atoms with Crippen LogP contribution in [0.15, 0.2) is 70.6 Å². The van der Waals surface area contributed by atoms with Crippen molar-refractivity contribution in [2.45, 2.75) is 19.7 Å². The number of alkyl halides is 3. The van der Waals surface area contributed by atoms with E-state index in [1.807, 2.05) is 42.5 Å². The predicted molar refractivity (Wildman–Crippen MR) is 113 cm³/mol. The van der Waals surface area contributed by atoms with Crippen LogP contribution in [0, 0.1) is 0 Å². The van der Waals surface area contributed by atoms with Gasteiger partial charge in [-0.1, -0.05) is 47.6 Å². The van der Waals surface area contributed by atoms with Gasteiger partial charge in [0.2, 0.25) is 0 Å². The third-order valence-corrected chi connectivity index (χ3v) is 4.98. The number of aryl methyl sites for hydroxylation is 1. The average molecular weight is 441 g/mol. The normalized spacial score (nSPS) is 12.3. The summed E-state index contributed by atoms with van der Waals surface area (Å²) < 4.78 is 42.6. The summed E-state index contributed by atoms with van der Waals surface area (Å²) in [5.41, 5.74) is -0.682. The summed E-state index contributed by atoms with van der Waals surface area (Å²) in [6, 6.07) is 17.0. The smallest absolute Gasteiger partial charge is 0.391 e. The van der Waals surface area contributed by atoms with Crippen molar-refractivity contribution < 1.29 is 18.0 Å². The first-order valence-electron chi connectivity index (χ1n) is 9.60. The molecule has 0 bridgehead atoms. The second-order valence-electron chi connectivity index (χ2n) is 7.11. The topological polar surface area (TPSA) is 74.3 Å². The van der Waals surface area contributed by atoms with Crippen molar-refractivity contribution >= 4 is 16.5 Å². The number of halogens is 3. The number of benzene rings is 3. The minimum atomic E-state index is -4.66. The molecule has 0 saturated carbocycles. The molecule has 7 nitrogen and oxygen atoms in total. The van der Waals surface area contributed by atoms with Crippen LogP contribution in [0.4, 0.5) is 13.2 Å². The van der Waals surface area contributed by atoms with Gasteiger partial charge in [-0.15, -0.1) is 0 Å². The molecule has 10 heteroatoms. The second-order valence-corrected chi connectivity index (χ2v) is 7.11. The Bertz CT molecular complexity index is 1370. The molecule has 1 aromatic heterocycles. The number of nitrogens with zero attached hydrogens (tertiary/aromatic N) is 5. The average Bonchev–Trinajstić information content (AvgIpc) is 3.10. The Kier molecular flexibility index (Phi) is 5.52. The summed E-state index contributed by atoms with van der Waals surface area (Å²) in [5, 5.41) is 13.3. The monoisotopic (exact) mass is 441 g/mol. The van der Waals surface area contributed by atoms with Gasteiger partial charge in [-0.05, 0) is 51.9 Å². The minimum absolute atomic E-state index is 0.0727. The number of tetrazole rings is 1. The zero-order valence-corrected chi connectivity index (χ0v) is 17.2. The number of aromatic nitrogens is 4. The van der Waals surface area contributed by atoms with Gasteiger partial charge in [0, 0.05) is 12.6 Å². The SMILES string of the molecule is CC(=NOCc1c(-n2nnn(C)c2=O)cccc1C(F)(F)F)c1ccc2ccccc2c1. The first kappa shape index (κ1) is 21.3. The van der Waals surface area contributed by atoms with E-state index in [0.717, 1.165) is 31.8 Å². The van der Waals surface area contributed by atoms with E-state index in [9.17, 15) is 18.0 Å². The molecule has 4 rings (SSSR count). The lowest BCUT2D eigenvalue weighted by molar-refractivity contribution is -0.138. The van der Waals surface area contributed by atoms with Crippen LogP contribution in [0.2, 0.25) is 0 Å². The summed E-state index contributed by atoms with van der Waals surface area (Å²) in [5.74, 6) is 0. The minimum Gasteiger partial charge on any atom is -0.391 e. The number of fused-ring (bicyclic) bond motifs is 1. The van der Waals surface area contributed by atoms with E-state index in [1.54, 1.807) is 6.92 Å². The molecule has 3 aromatic carbocycles. The molecular formula is C22H18F3N5O2. The van der Waals surface area contributed by atoms with Crippen molar-refractivity contribution in [1.82, 2.24) is 19.8 Å². The van der Waals surface area contributed by atoms with Crippen molar-refractivity contribution in [3.8, 4) is 5.69 Å². The summed E-state index contributed by atoms with van der Waals surface area (Å²) in [4.78, 5) is 17.5. The number of hydrogen-bond acceptors (Lipinski definition) is 5. The van der Waals surface area contributed by atoms with Gasteiger partial charge in [0.05, 0.1) is 17.0 Å². The molecule has 4 aromatic rings. The van der Waals surface area contributed by atoms with Crippen molar-refractivity contribution in [3.05, 3.63) is 87.8 Å². The van der Waals surface area contributed by atoms with E-state index in [1.165, 1.54) is 19.2 Å². The standard InChI is InChI=1S/C22H18F3N5O2/c1-14(16-11-10-15-6-3-4-7-17(15)12-16)26-32-13-18-19(22(23,24)25)8-5-9-20(18)30-21(31)29(2)27-28-30/h3-12H,13H2,1-2H3. The fraction of sp³-hybridized carbons (Fsp3) is 0.182. The molecule has 0 radical (unpaired) electrons. The van der Waals surface area contributed by atoms with E-state index in [0.29, 0.717) is 5.71 Å². The van der Waals surface area contributed by atoms with Gasteiger partial charge in [-0.2, -0.15) is 22.5 Å². The van der Waals surface area contributed by atoms with Crippen molar-refractivity contribution in [2.75, 3.05) is 0 Å². The molecule has 0 N–H and O–H groups in total. The Morgan fingerprint density at radius 1 is 1.03 bits per heavy atom. The van der Waals surface area contributed by atoms with E-state index in [4.69, 9.17) is 4.84 Å². The van der Waals surface area contributed by atoms with Gasteiger partial charge in [0.15, 0.2) is 0 Å². The van der Waals surface area contributed by atoms with Gasteiger partial charge in [0.25, 0.3) is 0 Å². The number of oxime groups is 1. The highest BCUT2D eigenvalue weighted by Gasteiger charge is 2.35. The molecule has 0 unspecified atom stereocenters. The van der Waals surface area contributed by atoms with Crippen molar-refractivity contribution in [3.63, 3.8) is 0 Å². The summed E-state index contributed by atoms with van der Waals surface area (Å²) in [7, 11) is 1.35. The predicted octanol–water partition coefficient (Wildman–Crippen LogP) is 4.08. The fourth-order valence-corrected chi connectivity index (χ4v) is 3.32. The Morgan fingerprint density at radius 3 is 2.47 bits per heavy atom. The van der Waals surface area contributed by atoms with E-state index >= 15 is 0 Å². The van der Waals surface area contributed by atoms with Crippen LogP contribution in [0.25, 0.3) is 16.5 Å². The largest absolute Gasteiger partial charge is 0.416 e. The maximum Gasteiger partial charge on any atom is 0.416 e. The lowest BCUT2D eigenvalue weighted by Gasteiger charge is -2.15. The third-order valence-electron chi connectivity index (χ3n) is 4.98. The van der Waals surface area contributed by atoms with Gasteiger partial charge in [-0.25, -0.2) is 4.79 Å². The molecule has 164 valence electrons. The zero-order chi connectivity index (χ0) is 22.9. The third kappa shape index (κ3) is 4.11. The highest BCUT2D eigenvalue weighted by molar-refractivity contribution is 6.01. The van der Waals surface area contributed by atoms with E-state index < -0.39 is 24.0 Å². The van der Waals surface area contributed by atoms with Crippen LogP contribution in [0.1, 0.15) is 23.6 Å². The molecule has 1 heterocycles. The molecule has 0 saturated heterocycles. The Balaban J connectivity index is 1.67. The first-order valence-corrected chi connectivity index (χ1v) is 9.60. The summed E-state index contributed by atoms with van der Waals surface area (Å²) in [6.45, 7) is 1.19. The van der Waals surface area contributed by atoms with Gasteiger partial charge < -0.3 is 4.84 Å². The van der Waals surface area contributed by atoms with Gasteiger partial charge >= 0.3 is 11.9 Å². The Morgan fingerprint density at radius 2 is 1.78 bits per heavy atom. The lowest BCUT2D eigenvalue weighted by Crippen LogP contribution is -2.24. The first-order chi connectivity index (χ1) is 15.3. The Labute approximate surface area is 180 Å². The molecule has 32 heavy (non-hydrogen) atoms. The molecule has 0 fully saturated rings. The van der Waals surface area contributed by atoms with Crippen LogP contribution >= 0.6 is 0 Å². The van der Waals surface area contributed by atoms with Crippen LogP contribution in [-0.2, 0) is 24.7 Å². The van der Waals surface area contributed by atoms with Gasteiger partial charge in [0.1, 0.15) is 6.61 Å². The Hall–Kier alpha value is -3.95. The maximum atomic E-state index is 13.6. The van der Waals surface area contributed by atoms with Gasteiger partial charge in [-0.3, -0.25) is 0 Å². The highest BCUT2D eigenvalue weighted by Crippen LogP contribution is 2.34. The molecular weight excluding hydrogens is 423 g/mol. The van der Waals surface area contributed by atoms with Crippen LogP contribution in [-0.4, -0.2) is 25.5 Å². The van der Waals surface area contributed by atoms with Crippen LogP contribution in [0.3, 0.4) is 0 Å². The number of hydrogen-bond donors (Lipinski definition) is 0. The van der Waals surface area contributed by atoms with Crippen LogP contribution in [0.5, 0.6) is 0 Å². The molecule has 0 aliphatic rings. The zero-order valence-electron chi connectivity index (χ0n) is 17.2. The second kappa shape index (κ2) is 8.29. The lowest BCUT2D eigenvalue weighted by atomic mass is 10.0. The molecule has 0 aliphatic heterocycles. The molecule has 0 aliphatic carbocycles. The van der Waals surface area contributed by atoms with Crippen molar-refractivity contribution in [1.29, 1.82) is 0 Å².